The first-order valence-corrected chi connectivity index (χ1v) is 7.42. The summed E-state index contributed by atoms with van der Waals surface area (Å²) in [7, 11) is 0. The van der Waals surface area contributed by atoms with E-state index in [0.29, 0.717) is 23.2 Å². The molecule has 0 radical (unpaired) electrons. The molecule has 3 aromatic rings. The minimum absolute atomic E-state index is 0.535. The second kappa shape index (κ2) is 5.97. The molecule has 0 spiro atoms. The first kappa shape index (κ1) is 13.6. The average Bonchev–Trinajstić information content (AvgIpc) is 2.96. The van der Waals surface area contributed by atoms with Crippen molar-refractivity contribution >= 4 is 17.4 Å². The molecule has 1 aromatic carbocycles. The average molecular weight is 298 g/mol. The van der Waals surface area contributed by atoms with Crippen LogP contribution in [0.25, 0.3) is 11.5 Å². The Morgan fingerprint density at radius 1 is 1.14 bits per heavy atom. The van der Waals surface area contributed by atoms with Gasteiger partial charge in [-0.1, -0.05) is 17.7 Å². The van der Waals surface area contributed by atoms with Crippen LogP contribution in [-0.2, 0) is 5.75 Å². The molecule has 2 heterocycles. The maximum Gasteiger partial charge on any atom is 0.247 e. The van der Waals surface area contributed by atoms with Crippen LogP contribution in [0.15, 0.2) is 52.0 Å². The highest BCUT2D eigenvalue weighted by molar-refractivity contribution is 7.98. The summed E-state index contributed by atoms with van der Waals surface area (Å²) >= 11 is 1.55. The maximum absolute atomic E-state index is 5.85. The summed E-state index contributed by atoms with van der Waals surface area (Å²) in [5.41, 5.74) is 8.62. The minimum atomic E-state index is 0.535. The van der Waals surface area contributed by atoms with Crippen molar-refractivity contribution in [1.82, 2.24) is 15.2 Å². The van der Waals surface area contributed by atoms with E-state index in [1.807, 2.05) is 37.3 Å². The van der Waals surface area contributed by atoms with Crippen molar-refractivity contribution in [3.8, 4) is 11.5 Å². The Bertz CT molecular complexity index is 739. The van der Waals surface area contributed by atoms with Gasteiger partial charge in [0, 0.05) is 16.7 Å². The fourth-order valence-electron chi connectivity index (χ4n) is 1.79. The lowest BCUT2D eigenvalue weighted by molar-refractivity contribution is 0.528. The Hall–Kier alpha value is -2.34. The van der Waals surface area contributed by atoms with Crippen LogP contribution in [0.3, 0.4) is 0 Å². The molecule has 2 N–H and O–H groups in total. The summed E-state index contributed by atoms with van der Waals surface area (Å²) in [5, 5.41) is 8.14. The SMILES string of the molecule is Cc1ccc(-c2nnc(CSc3ccncc3N)o2)cc1. The fourth-order valence-corrected chi connectivity index (χ4v) is 2.56. The van der Waals surface area contributed by atoms with E-state index in [4.69, 9.17) is 10.2 Å². The monoisotopic (exact) mass is 298 g/mol. The lowest BCUT2D eigenvalue weighted by atomic mass is 10.1. The fraction of sp³-hybridized carbons (Fsp3) is 0.133. The molecule has 106 valence electrons. The van der Waals surface area contributed by atoms with Crippen LogP contribution in [0.4, 0.5) is 5.69 Å². The van der Waals surface area contributed by atoms with Crippen molar-refractivity contribution in [3.63, 3.8) is 0 Å². The van der Waals surface area contributed by atoms with Gasteiger partial charge in [0.05, 0.1) is 17.6 Å². The normalized spacial score (nSPS) is 10.7. The van der Waals surface area contributed by atoms with E-state index in [2.05, 4.69) is 15.2 Å². The molecule has 0 saturated carbocycles. The van der Waals surface area contributed by atoms with E-state index in [1.54, 1.807) is 24.2 Å². The van der Waals surface area contributed by atoms with Gasteiger partial charge in [0.1, 0.15) is 0 Å². The van der Waals surface area contributed by atoms with E-state index in [1.165, 1.54) is 5.56 Å². The van der Waals surface area contributed by atoms with E-state index in [-0.39, 0.29) is 0 Å². The van der Waals surface area contributed by atoms with Crippen LogP contribution in [-0.4, -0.2) is 15.2 Å². The molecule has 21 heavy (non-hydrogen) atoms. The van der Waals surface area contributed by atoms with Gasteiger partial charge in [0.15, 0.2) is 0 Å². The van der Waals surface area contributed by atoms with Crippen LogP contribution < -0.4 is 5.73 Å². The van der Waals surface area contributed by atoms with Gasteiger partial charge in [-0.05, 0) is 25.1 Å². The molecule has 0 aliphatic rings. The number of hydrogen-bond acceptors (Lipinski definition) is 6. The third-order valence-electron chi connectivity index (χ3n) is 2.93. The third kappa shape index (κ3) is 3.22. The molecule has 0 aliphatic heterocycles. The van der Waals surface area contributed by atoms with Crippen molar-refractivity contribution in [2.45, 2.75) is 17.6 Å². The molecule has 0 aliphatic carbocycles. The molecule has 5 nitrogen and oxygen atoms in total. The topological polar surface area (TPSA) is 77.8 Å². The van der Waals surface area contributed by atoms with Gasteiger partial charge >= 0.3 is 0 Å². The Labute approximate surface area is 126 Å². The second-order valence-corrected chi connectivity index (χ2v) is 5.59. The lowest BCUT2D eigenvalue weighted by Crippen LogP contribution is -1.89. The Morgan fingerprint density at radius 2 is 1.95 bits per heavy atom. The molecule has 0 amide bonds. The summed E-state index contributed by atoms with van der Waals surface area (Å²) in [4.78, 5) is 4.92. The third-order valence-corrected chi connectivity index (χ3v) is 4.00. The molecule has 0 atom stereocenters. The minimum Gasteiger partial charge on any atom is -0.420 e. The van der Waals surface area contributed by atoms with Crippen LogP contribution in [0.2, 0.25) is 0 Å². The molecule has 3 rings (SSSR count). The Morgan fingerprint density at radius 3 is 2.71 bits per heavy atom. The summed E-state index contributed by atoms with van der Waals surface area (Å²) in [6, 6.07) is 9.86. The van der Waals surface area contributed by atoms with Crippen molar-refractivity contribution < 1.29 is 4.42 Å². The highest BCUT2D eigenvalue weighted by Crippen LogP contribution is 2.27. The van der Waals surface area contributed by atoms with Gasteiger partial charge in [-0.25, -0.2) is 0 Å². The van der Waals surface area contributed by atoms with Gasteiger partial charge in [-0.3, -0.25) is 4.98 Å². The molecule has 0 unspecified atom stereocenters. The molecule has 2 aromatic heterocycles. The summed E-state index contributed by atoms with van der Waals surface area (Å²) in [6.07, 6.45) is 3.35. The Kier molecular flexibility index (Phi) is 3.87. The standard InChI is InChI=1S/C15H14N4OS/c1-10-2-4-11(5-3-10)15-19-18-14(20-15)9-21-13-6-7-17-8-12(13)16/h2-8H,9,16H2,1H3. The lowest BCUT2D eigenvalue weighted by Gasteiger charge is -2.01. The van der Waals surface area contributed by atoms with Crippen molar-refractivity contribution in [3.05, 3.63) is 54.2 Å². The summed E-state index contributed by atoms with van der Waals surface area (Å²) in [5.74, 6) is 1.69. The molecular weight excluding hydrogens is 284 g/mol. The quantitative estimate of drug-likeness (QED) is 0.744. The highest BCUT2D eigenvalue weighted by atomic mass is 32.2. The van der Waals surface area contributed by atoms with Gasteiger partial charge in [0.2, 0.25) is 11.8 Å². The van der Waals surface area contributed by atoms with E-state index >= 15 is 0 Å². The predicted molar refractivity (Wildman–Crippen MR) is 82.7 cm³/mol. The van der Waals surface area contributed by atoms with Crippen LogP contribution in [0.1, 0.15) is 11.5 Å². The number of anilines is 1. The number of rotatable bonds is 4. The number of benzene rings is 1. The number of aryl methyl sites for hydroxylation is 1. The molecule has 0 fully saturated rings. The van der Waals surface area contributed by atoms with Crippen molar-refractivity contribution in [2.24, 2.45) is 0 Å². The molecular formula is C15H14N4OS. The van der Waals surface area contributed by atoms with Gasteiger partial charge < -0.3 is 10.2 Å². The van der Waals surface area contributed by atoms with Crippen LogP contribution >= 0.6 is 11.8 Å². The zero-order valence-electron chi connectivity index (χ0n) is 11.5. The molecule has 6 heteroatoms. The van der Waals surface area contributed by atoms with Gasteiger partial charge in [-0.2, -0.15) is 0 Å². The number of nitrogen functional groups attached to an aromatic ring is 1. The van der Waals surface area contributed by atoms with Crippen LogP contribution in [0, 0.1) is 6.92 Å². The number of thioether (sulfide) groups is 1. The zero-order chi connectivity index (χ0) is 14.7. The van der Waals surface area contributed by atoms with E-state index in [0.717, 1.165) is 10.5 Å². The second-order valence-electron chi connectivity index (χ2n) is 4.57. The number of nitrogens with zero attached hydrogens (tertiary/aromatic N) is 3. The van der Waals surface area contributed by atoms with E-state index < -0.39 is 0 Å². The maximum atomic E-state index is 5.85. The largest absolute Gasteiger partial charge is 0.420 e. The smallest absolute Gasteiger partial charge is 0.247 e. The predicted octanol–water partition coefficient (Wildman–Crippen LogP) is 3.31. The van der Waals surface area contributed by atoms with Gasteiger partial charge in [-0.15, -0.1) is 22.0 Å². The van der Waals surface area contributed by atoms with Crippen LogP contribution in [0.5, 0.6) is 0 Å². The Balaban J connectivity index is 1.71. The zero-order valence-corrected chi connectivity index (χ0v) is 12.3. The van der Waals surface area contributed by atoms with Crippen molar-refractivity contribution in [1.29, 1.82) is 0 Å². The van der Waals surface area contributed by atoms with Gasteiger partial charge in [0.25, 0.3) is 0 Å². The first-order valence-electron chi connectivity index (χ1n) is 6.44. The number of aromatic nitrogens is 3. The summed E-state index contributed by atoms with van der Waals surface area (Å²) < 4.78 is 5.67. The number of hydrogen-bond donors (Lipinski definition) is 1. The number of nitrogens with two attached hydrogens (primary N) is 1. The first-order chi connectivity index (χ1) is 10.2. The van der Waals surface area contributed by atoms with E-state index in [9.17, 15) is 0 Å². The molecule has 0 saturated heterocycles. The summed E-state index contributed by atoms with van der Waals surface area (Å²) in [6.45, 7) is 2.04. The highest BCUT2D eigenvalue weighted by Gasteiger charge is 2.09. The van der Waals surface area contributed by atoms with Crippen molar-refractivity contribution in [2.75, 3.05) is 5.73 Å². The number of pyridine rings is 1. The molecule has 0 bridgehead atoms.